The minimum atomic E-state index is -0.172. The fourth-order valence-corrected chi connectivity index (χ4v) is 4.34. The number of ether oxygens (including phenoxy) is 2. The molecule has 3 rings (SSSR count). The normalized spacial score (nSPS) is 19.5. The third-order valence-electron chi connectivity index (χ3n) is 6.07. The second-order valence-electron chi connectivity index (χ2n) is 8.37. The zero-order valence-corrected chi connectivity index (χ0v) is 18.9. The first-order chi connectivity index (χ1) is 14.9. The van der Waals surface area contributed by atoms with Gasteiger partial charge in [-0.15, -0.1) is 0 Å². The summed E-state index contributed by atoms with van der Waals surface area (Å²) in [5.41, 5.74) is 0.540. The molecule has 172 valence electrons. The molecule has 0 aliphatic carbocycles. The SMILES string of the molecule is CCOC(=O)C1CCN(C(=O)CCN(CC2CCCO2)C(=O)c2cc(C)oc2C)CC1. The summed E-state index contributed by atoms with van der Waals surface area (Å²) in [7, 11) is 0. The first kappa shape index (κ1) is 23.3. The first-order valence-electron chi connectivity index (χ1n) is 11.3. The molecule has 3 heterocycles. The van der Waals surface area contributed by atoms with Crippen LogP contribution in [0.25, 0.3) is 0 Å². The number of likely N-dealkylation sites (tertiary alicyclic amines) is 1. The van der Waals surface area contributed by atoms with Gasteiger partial charge in [-0.3, -0.25) is 14.4 Å². The van der Waals surface area contributed by atoms with E-state index in [0.29, 0.717) is 69.3 Å². The van der Waals surface area contributed by atoms with Crippen LogP contribution < -0.4 is 0 Å². The Morgan fingerprint density at radius 2 is 1.94 bits per heavy atom. The van der Waals surface area contributed by atoms with E-state index in [1.165, 1.54) is 0 Å². The Labute approximate surface area is 183 Å². The number of nitrogens with zero attached hydrogens (tertiary/aromatic N) is 2. The van der Waals surface area contributed by atoms with E-state index < -0.39 is 0 Å². The fraction of sp³-hybridized carbons (Fsp3) is 0.696. The zero-order valence-electron chi connectivity index (χ0n) is 18.9. The van der Waals surface area contributed by atoms with E-state index in [9.17, 15) is 14.4 Å². The van der Waals surface area contributed by atoms with E-state index in [1.807, 2.05) is 6.92 Å². The number of aryl methyl sites for hydroxylation is 2. The van der Waals surface area contributed by atoms with Gasteiger partial charge in [0.15, 0.2) is 0 Å². The van der Waals surface area contributed by atoms with Gasteiger partial charge in [-0.05, 0) is 52.5 Å². The van der Waals surface area contributed by atoms with Crippen LogP contribution in [-0.4, -0.2) is 73.1 Å². The number of carbonyl (C=O) groups excluding carboxylic acids is 3. The third-order valence-corrected chi connectivity index (χ3v) is 6.07. The van der Waals surface area contributed by atoms with Crippen molar-refractivity contribution in [3.05, 3.63) is 23.2 Å². The van der Waals surface area contributed by atoms with Crippen LogP contribution in [0.1, 0.15) is 60.9 Å². The van der Waals surface area contributed by atoms with Crippen LogP contribution in [0.3, 0.4) is 0 Å². The van der Waals surface area contributed by atoms with E-state index in [2.05, 4.69) is 0 Å². The molecule has 2 amide bonds. The van der Waals surface area contributed by atoms with Crippen molar-refractivity contribution in [2.75, 3.05) is 39.4 Å². The Balaban J connectivity index is 1.57. The maximum atomic E-state index is 13.2. The average molecular weight is 435 g/mol. The molecule has 2 saturated heterocycles. The second-order valence-corrected chi connectivity index (χ2v) is 8.37. The van der Waals surface area contributed by atoms with Gasteiger partial charge in [0.05, 0.1) is 24.2 Å². The van der Waals surface area contributed by atoms with Crippen molar-refractivity contribution >= 4 is 17.8 Å². The molecule has 2 aliphatic heterocycles. The molecular formula is C23H34N2O6. The van der Waals surface area contributed by atoms with Gasteiger partial charge < -0.3 is 23.7 Å². The molecule has 8 heteroatoms. The van der Waals surface area contributed by atoms with Gasteiger partial charge in [0.1, 0.15) is 11.5 Å². The number of hydrogen-bond acceptors (Lipinski definition) is 6. The van der Waals surface area contributed by atoms with E-state index in [4.69, 9.17) is 13.9 Å². The molecule has 8 nitrogen and oxygen atoms in total. The molecule has 1 aromatic heterocycles. The van der Waals surface area contributed by atoms with Crippen molar-refractivity contribution in [1.29, 1.82) is 0 Å². The average Bonchev–Trinajstić information content (AvgIpc) is 3.39. The monoisotopic (exact) mass is 434 g/mol. The van der Waals surface area contributed by atoms with Gasteiger partial charge in [0.25, 0.3) is 5.91 Å². The largest absolute Gasteiger partial charge is 0.466 e. The van der Waals surface area contributed by atoms with Gasteiger partial charge in [-0.25, -0.2) is 0 Å². The molecule has 0 N–H and O–H groups in total. The quantitative estimate of drug-likeness (QED) is 0.585. The molecule has 1 atom stereocenters. The lowest BCUT2D eigenvalue weighted by Gasteiger charge is -2.32. The highest BCUT2D eigenvalue weighted by atomic mass is 16.5. The molecule has 31 heavy (non-hydrogen) atoms. The third kappa shape index (κ3) is 6.09. The van der Waals surface area contributed by atoms with Crippen LogP contribution in [-0.2, 0) is 19.1 Å². The topological polar surface area (TPSA) is 89.3 Å². The van der Waals surface area contributed by atoms with Crippen LogP contribution in [0.5, 0.6) is 0 Å². The number of piperidine rings is 1. The molecule has 0 spiro atoms. The Bertz CT molecular complexity index is 775. The van der Waals surface area contributed by atoms with Gasteiger partial charge in [-0.1, -0.05) is 0 Å². The van der Waals surface area contributed by atoms with E-state index >= 15 is 0 Å². The Morgan fingerprint density at radius 1 is 1.19 bits per heavy atom. The summed E-state index contributed by atoms with van der Waals surface area (Å²) in [5, 5.41) is 0. The Morgan fingerprint density at radius 3 is 2.52 bits per heavy atom. The number of rotatable bonds is 8. The minimum absolute atomic E-state index is 0.00699. The number of carbonyl (C=O) groups is 3. The Kier molecular flexibility index (Phi) is 8.12. The molecule has 0 bridgehead atoms. The van der Waals surface area contributed by atoms with Crippen molar-refractivity contribution < 1.29 is 28.3 Å². The van der Waals surface area contributed by atoms with Crippen molar-refractivity contribution in [3.8, 4) is 0 Å². The molecular weight excluding hydrogens is 400 g/mol. The van der Waals surface area contributed by atoms with E-state index in [-0.39, 0.29) is 36.2 Å². The molecule has 1 unspecified atom stereocenters. The van der Waals surface area contributed by atoms with E-state index in [1.54, 1.807) is 29.7 Å². The van der Waals surface area contributed by atoms with Crippen molar-refractivity contribution in [2.45, 2.75) is 59.0 Å². The van der Waals surface area contributed by atoms with Crippen LogP contribution >= 0.6 is 0 Å². The summed E-state index contributed by atoms with van der Waals surface area (Å²) in [6.45, 7) is 8.38. The van der Waals surface area contributed by atoms with Crippen molar-refractivity contribution in [3.63, 3.8) is 0 Å². The van der Waals surface area contributed by atoms with Gasteiger partial charge in [0.2, 0.25) is 5.91 Å². The van der Waals surface area contributed by atoms with Gasteiger partial charge in [0, 0.05) is 39.2 Å². The maximum absolute atomic E-state index is 13.2. The summed E-state index contributed by atoms with van der Waals surface area (Å²) in [4.78, 5) is 41.4. The summed E-state index contributed by atoms with van der Waals surface area (Å²) in [6.07, 6.45) is 3.41. The minimum Gasteiger partial charge on any atom is -0.466 e. The number of esters is 1. The van der Waals surface area contributed by atoms with E-state index in [0.717, 1.165) is 12.8 Å². The van der Waals surface area contributed by atoms with Crippen LogP contribution in [0.4, 0.5) is 0 Å². The first-order valence-corrected chi connectivity index (χ1v) is 11.3. The summed E-state index contributed by atoms with van der Waals surface area (Å²) in [5.74, 6) is 0.861. The molecule has 2 fully saturated rings. The summed E-state index contributed by atoms with van der Waals surface area (Å²) < 4.78 is 16.4. The van der Waals surface area contributed by atoms with Gasteiger partial charge >= 0.3 is 5.97 Å². The highest BCUT2D eigenvalue weighted by molar-refractivity contribution is 5.95. The lowest BCUT2D eigenvalue weighted by atomic mass is 9.97. The fourth-order valence-electron chi connectivity index (χ4n) is 4.34. The number of hydrogen-bond donors (Lipinski definition) is 0. The predicted molar refractivity (Wildman–Crippen MR) is 114 cm³/mol. The predicted octanol–water partition coefficient (Wildman–Crippen LogP) is 2.71. The molecule has 0 aromatic carbocycles. The molecule has 1 aromatic rings. The lowest BCUT2D eigenvalue weighted by Crippen LogP contribution is -2.43. The zero-order chi connectivity index (χ0) is 22.4. The van der Waals surface area contributed by atoms with Crippen molar-refractivity contribution in [2.24, 2.45) is 5.92 Å². The molecule has 2 aliphatic rings. The smallest absolute Gasteiger partial charge is 0.309 e. The maximum Gasteiger partial charge on any atom is 0.309 e. The van der Waals surface area contributed by atoms with Crippen LogP contribution in [0.15, 0.2) is 10.5 Å². The molecule has 0 saturated carbocycles. The van der Waals surface area contributed by atoms with Crippen molar-refractivity contribution in [1.82, 2.24) is 9.80 Å². The highest BCUT2D eigenvalue weighted by Gasteiger charge is 2.30. The number of amides is 2. The summed E-state index contributed by atoms with van der Waals surface area (Å²) in [6, 6.07) is 1.75. The highest BCUT2D eigenvalue weighted by Crippen LogP contribution is 2.21. The van der Waals surface area contributed by atoms with Gasteiger partial charge in [-0.2, -0.15) is 0 Å². The number of furan rings is 1. The standard InChI is InChI=1S/C23H34N2O6/c1-4-29-23(28)18-7-10-24(11-8-18)21(26)9-12-25(15-19-6-5-13-30-19)22(27)20-14-16(2)31-17(20)3/h14,18-19H,4-13,15H2,1-3H3. The van der Waals surface area contributed by atoms with Crippen LogP contribution in [0, 0.1) is 19.8 Å². The summed E-state index contributed by atoms with van der Waals surface area (Å²) >= 11 is 0. The second kappa shape index (κ2) is 10.8. The molecule has 0 radical (unpaired) electrons. The van der Waals surface area contributed by atoms with Crippen LogP contribution in [0.2, 0.25) is 0 Å². The lowest BCUT2D eigenvalue weighted by molar-refractivity contribution is -0.151. The Hall–Kier alpha value is -2.35.